The van der Waals surface area contributed by atoms with Gasteiger partial charge in [-0.2, -0.15) is 0 Å². The Hall–Kier alpha value is -1.62. The highest BCUT2D eigenvalue weighted by atomic mass is 35.5. The summed E-state index contributed by atoms with van der Waals surface area (Å²) in [6.45, 7) is 2.96. The van der Waals surface area contributed by atoms with E-state index in [2.05, 4.69) is 27.0 Å². The zero-order chi connectivity index (χ0) is 14.9. The van der Waals surface area contributed by atoms with Crippen LogP contribution in [-0.2, 0) is 19.4 Å². The highest BCUT2D eigenvalue weighted by Gasteiger charge is 2.20. The van der Waals surface area contributed by atoms with Crippen LogP contribution in [0.15, 0.2) is 42.7 Å². The summed E-state index contributed by atoms with van der Waals surface area (Å²) in [7, 11) is 0. The van der Waals surface area contributed by atoms with Crippen molar-refractivity contribution in [3.05, 3.63) is 65.4 Å². The summed E-state index contributed by atoms with van der Waals surface area (Å²) < 4.78 is 13.5. The van der Waals surface area contributed by atoms with E-state index < -0.39 is 0 Å². The van der Waals surface area contributed by atoms with Crippen LogP contribution in [-0.4, -0.2) is 28.0 Å². The van der Waals surface area contributed by atoms with Crippen LogP contribution in [0, 0.1) is 5.82 Å². The Balaban J connectivity index is 0.00000104. The van der Waals surface area contributed by atoms with Crippen LogP contribution in [0.25, 0.3) is 10.9 Å². The molecular formula is C18H20Cl2FN3. The molecule has 3 aromatic rings. The molecule has 3 heterocycles. The standard InChI is InChI=1S/C18H18FN3.2ClH/c19-14-1-2-17-15(11-14)16-12-22(10-6-18(16)21-17)9-5-13-3-7-20-8-4-13;;/h1-4,7-8,11,21H,5-6,9-10,12H2;2*1H. The van der Waals surface area contributed by atoms with Crippen molar-refractivity contribution < 1.29 is 4.39 Å². The Morgan fingerprint density at radius 1 is 1.12 bits per heavy atom. The molecule has 4 rings (SSSR count). The van der Waals surface area contributed by atoms with Gasteiger partial charge in [0, 0.05) is 55.0 Å². The van der Waals surface area contributed by atoms with E-state index in [1.165, 1.54) is 22.9 Å². The summed E-state index contributed by atoms with van der Waals surface area (Å²) in [6, 6.07) is 9.14. The van der Waals surface area contributed by atoms with Gasteiger partial charge < -0.3 is 4.98 Å². The van der Waals surface area contributed by atoms with Crippen molar-refractivity contribution in [3.63, 3.8) is 0 Å². The molecule has 1 N–H and O–H groups in total. The first-order chi connectivity index (χ1) is 10.8. The summed E-state index contributed by atoms with van der Waals surface area (Å²) >= 11 is 0. The number of hydrogen-bond donors (Lipinski definition) is 1. The highest BCUT2D eigenvalue weighted by molar-refractivity contribution is 5.86. The molecule has 0 saturated carbocycles. The third-order valence-electron chi connectivity index (χ3n) is 4.48. The van der Waals surface area contributed by atoms with Gasteiger partial charge in [0.05, 0.1) is 0 Å². The zero-order valence-corrected chi connectivity index (χ0v) is 14.8. The maximum atomic E-state index is 13.5. The largest absolute Gasteiger partial charge is 0.358 e. The number of pyridine rings is 1. The van der Waals surface area contributed by atoms with E-state index in [0.29, 0.717) is 0 Å². The monoisotopic (exact) mass is 367 g/mol. The van der Waals surface area contributed by atoms with Crippen molar-refractivity contribution in [2.24, 2.45) is 0 Å². The molecule has 0 aliphatic carbocycles. The molecule has 0 amide bonds. The molecule has 0 radical (unpaired) electrons. The lowest BCUT2D eigenvalue weighted by Crippen LogP contribution is -2.32. The van der Waals surface area contributed by atoms with Gasteiger partial charge in [-0.1, -0.05) is 0 Å². The zero-order valence-electron chi connectivity index (χ0n) is 13.2. The van der Waals surface area contributed by atoms with Gasteiger partial charge in [0.25, 0.3) is 0 Å². The first kappa shape index (κ1) is 18.7. The third-order valence-corrected chi connectivity index (χ3v) is 4.48. The molecule has 1 aliphatic heterocycles. The molecule has 3 nitrogen and oxygen atoms in total. The molecule has 1 aromatic carbocycles. The first-order valence-corrected chi connectivity index (χ1v) is 7.70. The number of H-pyrrole nitrogens is 1. The quantitative estimate of drug-likeness (QED) is 0.753. The number of halogens is 3. The fourth-order valence-corrected chi connectivity index (χ4v) is 3.27. The van der Waals surface area contributed by atoms with Crippen LogP contribution in [0.1, 0.15) is 16.8 Å². The number of benzene rings is 1. The summed E-state index contributed by atoms with van der Waals surface area (Å²) in [5.74, 6) is -0.164. The second kappa shape index (κ2) is 7.97. The minimum absolute atomic E-state index is 0. The van der Waals surface area contributed by atoms with Crippen LogP contribution in [0.2, 0.25) is 0 Å². The van der Waals surface area contributed by atoms with E-state index in [-0.39, 0.29) is 30.6 Å². The average molecular weight is 368 g/mol. The normalized spacial score (nSPS) is 13.9. The van der Waals surface area contributed by atoms with Gasteiger partial charge in [0.1, 0.15) is 5.82 Å². The molecule has 0 bridgehead atoms. The van der Waals surface area contributed by atoms with E-state index >= 15 is 0 Å². The van der Waals surface area contributed by atoms with Gasteiger partial charge >= 0.3 is 0 Å². The van der Waals surface area contributed by atoms with Gasteiger partial charge in [-0.3, -0.25) is 9.88 Å². The van der Waals surface area contributed by atoms with E-state index in [4.69, 9.17) is 0 Å². The maximum Gasteiger partial charge on any atom is 0.123 e. The molecule has 0 spiro atoms. The van der Waals surface area contributed by atoms with Crippen LogP contribution in [0.4, 0.5) is 4.39 Å². The minimum Gasteiger partial charge on any atom is -0.358 e. The van der Waals surface area contributed by atoms with E-state index in [9.17, 15) is 4.39 Å². The summed E-state index contributed by atoms with van der Waals surface area (Å²) in [5, 5.41) is 1.03. The van der Waals surface area contributed by atoms with Crippen molar-refractivity contribution in [2.75, 3.05) is 13.1 Å². The average Bonchev–Trinajstić information content (AvgIpc) is 2.91. The van der Waals surface area contributed by atoms with Crippen molar-refractivity contribution >= 4 is 35.7 Å². The van der Waals surface area contributed by atoms with Gasteiger partial charge in [0.15, 0.2) is 0 Å². The Bertz CT molecular complexity index is 805. The van der Waals surface area contributed by atoms with Crippen molar-refractivity contribution in [3.8, 4) is 0 Å². The van der Waals surface area contributed by atoms with Gasteiger partial charge in [0.2, 0.25) is 0 Å². The number of fused-ring (bicyclic) bond motifs is 3. The van der Waals surface area contributed by atoms with Gasteiger partial charge in [-0.15, -0.1) is 24.8 Å². The molecule has 0 saturated heterocycles. The molecule has 0 fully saturated rings. The molecule has 24 heavy (non-hydrogen) atoms. The second-order valence-electron chi connectivity index (χ2n) is 5.90. The van der Waals surface area contributed by atoms with E-state index in [1.54, 1.807) is 6.07 Å². The van der Waals surface area contributed by atoms with Crippen LogP contribution < -0.4 is 0 Å². The van der Waals surface area contributed by atoms with Crippen molar-refractivity contribution in [1.29, 1.82) is 0 Å². The maximum absolute atomic E-state index is 13.5. The third kappa shape index (κ3) is 3.72. The number of aromatic amines is 1. The predicted molar refractivity (Wildman–Crippen MR) is 99.7 cm³/mol. The fourth-order valence-electron chi connectivity index (χ4n) is 3.27. The number of nitrogens with one attached hydrogen (secondary N) is 1. The van der Waals surface area contributed by atoms with Crippen LogP contribution in [0.3, 0.4) is 0 Å². The molecular weight excluding hydrogens is 348 g/mol. The number of rotatable bonds is 3. The van der Waals surface area contributed by atoms with E-state index in [0.717, 1.165) is 43.4 Å². The van der Waals surface area contributed by atoms with Gasteiger partial charge in [-0.25, -0.2) is 4.39 Å². The Kier molecular flexibility index (Phi) is 6.21. The minimum atomic E-state index is -0.164. The lowest BCUT2D eigenvalue weighted by atomic mass is 10.0. The Morgan fingerprint density at radius 3 is 2.71 bits per heavy atom. The van der Waals surface area contributed by atoms with Crippen molar-refractivity contribution in [1.82, 2.24) is 14.9 Å². The van der Waals surface area contributed by atoms with Crippen LogP contribution >= 0.6 is 24.8 Å². The fraction of sp³-hybridized carbons (Fsp3) is 0.278. The topological polar surface area (TPSA) is 31.9 Å². The molecule has 128 valence electrons. The van der Waals surface area contributed by atoms with E-state index in [1.807, 2.05) is 18.5 Å². The number of hydrogen-bond acceptors (Lipinski definition) is 2. The second-order valence-corrected chi connectivity index (χ2v) is 5.90. The predicted octanol–water partition coefficient (Wildman–Crippen LogP) is 4.15. The SMILES string of the molecule is Cl.Cl.Fc1ccc2[nH]c3c(c2c1)CN(CCc1ccncc1)CC3. The van der Waals surface area contributed by atoms with Gasteiger partial charge in [-0.05, 0) is 47.9 Å². The lowest BCUT2D eigenvalue weighted by Gasteiger charge is -2.27. The smallest absolute Gasteiger partial charge is 0.123 e. The first-order valence-electron chi connectivity index (χ1n) is 7.70. The molecule has 6 heteroatoms. The summed E-state index contributed by atoms with van der Waals surface area (Å²) in [6.07, 6.45) is 5.70. The summed E-state index contributed by atoms with van der Waals surface area (Å²) in [5.41, 5.74) is 4.88. The molecule has 0 unspecified atom stereocenters. The molecule has 2 aromatic heterocycles. The molecule has 1 aliphatic rings. The summed E-state index contributed by atoms with van der Waals surface area (Å²) in [4.78, 5) is 9.93. The highest BCUT2D eigenvalue weighted by Crippen LogP contribution is 2.28. The Morgan fingerprint density at radius 2 is 1.92 bits per heavy atom. The van der Waals surface area contributed by atoms with Crippen LogP contribution in [0.5, 0.6) is 0 Å². The van der Waals surface area contributed by atoms with Crippen molar-refractivity contribution in [2.45, 2.75) is 19.4 Å². The lowest BCUT2D eigenvalue weighted by molar-refractivity contribution is 0.257. The number of nitrogens with zero attached hydrogens (tertiary/aromatic N) is 2. The Labute approximate surface area is 153 Å². The number of aromatic nitrogens is 2. The molecule has 0 atom stereocenters.